The molecule has 0 saturated heterocycles. The van der Waals surface area contributed by atoms with Gasteiger partial charge in [0.25, 0.3) is 0 Å². The fourth-order valence-corrected chi connectivity index (χ4v) is 3.34. The molecule has 3 heteroatoms. The van der Waals surface area contributed by atoms with E-state index in [9.17, 15) is 5.11 Å². The predicted molar refractivity (Wildman–Crippen MR) is 110 cm³/mol. The molecule has 140 valence electrons. The third kappa shape index (κ3) is 4.97. The first-order valence-corrected chi connectivity index (χ1v) is 9.30. The van der Waals surface area contributed by atoms with Gasteiger partial charge in [0.2, 0.25) is 0 Å². The summed E-state index contributed by atoms with van der Waals surface area (Å²) in [6.45, 7) is 4.57. The van der Waals surface area contributed by atoms with Crippen molar-refractivity contribution in [2.75, 3.05) is 0 Å². The summed E-state index contributed by atoms with van der Waals surface area (Å²) >= 11 is 0. The van der Waals surface area contributed by atoms with Crippen molar-refractivity contribution in [2.45, 2.75) is 39.0 Å². The minimum Gasteiger partial charge on any atom is -0.488 e. The van der Waals surface area contributed by atoms with Crippen LogP contribution in [-0.4, -0.2) is 11.2 Å². The molecule has 0 aliphatic rings. The molecule has 3 N–H and O–H groups in total. The summed E-state index contributed by atoms with van der Waals surface area (Å²) in [4.78, 5) is 0. The average molecular weight is 361 g/mol. The topological polar surface area (TPSA) is 55.5 Å². The van der Waals surface area contributed by atoms with Crippen molar-refractivity contribution in [1.82, 2.24) is 0 Å². The Hall–Kier alpha value is -2.62. The van der Waals surface area contributed by atoms with Gasteiger partial charge in [0.05, 0.1) is 12.1 Å². The lowest BCUT2D eigenvalue weighted by atomic mass is 9.94. The van der Waals surface area contributed by atoms with Gasteiger partial charge in [0, 0.05) is 6.42 Å². The van der Waals surface area contributed by atoms with Gasteiger partial charge in [-0.15, -0.1) is 0 Å². The number of ether oxygens (including phenoxy) is 1. The van der Waals surface area contributed by atoms with Crippen LogP contribution in [0.4, 0.5) is 0 Å². The van der Waals surface area contributed by atoms with Gasteiger partial charge in [0.1, 0.15) is 12.4 Å². The second-order valence-corrected chi connectivity index (χ2v) is 7.04. The van der Waals surface area contributed by atoms with E-state index in [1.165, 1.54) is 0 Å². The van der Waals surface area contributed by atoms with Crippen LogP contribution in [0.3, 0.4) is 0 Å². The molecule has 0 fully saturated rings. The molecule has 27 heavy (non-hydrogen) atoms. The van der Waals surface area contributed by atoms with Crippen molar-refractivity contribution in [3.8, 4) is 5.75 Å². The number of hydrogen-bond donors (Lipinski definition) is 2. The van der Waals surface area contributed by atoms with Gasteiger partial charge in [-0.05, 0) is 41.7 Å². The Morgan fingerprint density at radius 2 is 1.37 bits per heavy atom. The monoisotopic (exact) mass is 361 g/mol. The van der Waals surface area contributed by atoms with E-state index in [4.69, 9.17) is 10.5 Å². The predicted octanol–water partition coefficient (Wildman–Crippen LogP) is 4.49. The summed E-state index contributed by atoms with van der Waals surface area (Å²) in [6.07, 6.45) is -0.103. The van der Waals surface area contributed by atoms with Gasteiger partial charge < -0.3 is 15.6 Å². The van der Waals surface area contributed by atoms with Gasteiger partial charge in [0.15, 0.2) is 0 Å². The summed E-state index contributed by atoms with van der Waals surface area (Å²) in [5.41, 5.74) is 11.6. The Morgan fingerprint density at radius 1 is 0.852 bits per heavy atom. The van der Waals surface area contributed by atoms with Gasteiger partial charge >= 0.3 is 0 Å². The Bertz CT molecular complexity index is 839. The highest BCUT2D eigenvalue weighted by atomic mass is 16.5. The third-order valence-corrected chi connectivity index (χ3v) is 4.80. The zero-order chi connectivity index (χ0) is 19.2. The molecule has 3 aromatic carbocycles. The third-order valence-electron chi connectivity index (χ3n) is 4.80. The molecule has 0 spiro atoms. The molecule has 0 aromatic heterocycles. The lowest BCUT2D eigenvalue weighted by Gasteiger charge is -2.22. The van der Waals surface area contributed by atoms with Gasteiger partial charge in [-0.3, -0.25) is 0 Å². The van der Waals surface area contributed by atoms with E-state index in [1.807, 2.05) is 74.5 Å². The standard InChI is InChI=1S/C24H27NO2/c1-17-13-21(23(25)22(26)15-19-9-5-3-6-10-19)14-18(2)24(17)27-16-20-11-7-4-8-12-20/h3-14,22-23,26H,15-16,25H2,1-2H3/t22-,23+/m1/s1. The molecule has 0 heterocycles. The number of nitrogens with two attached hydrogens (primary N) is 1. The highest BCUT2D eigenvalue weighted by molar-refractivity contribution is 5.44. The van der Waals surface area contributed by atoms with Crippen molar-refractivity contribution in [3.63, 3.8) is 0 Å². The van der Waals surface area contributed by atoms with Gasteiger partial charge in [-0.1, -0.05) is 72.8 Å². The van der Waals surface area contributed by atoms with Crippen molar-refractivity contribution in [3.05, 3.63) is 101 Å². The van der Waals surface area contributed by atoms with Gasteiger partial charge in [-0.25, -0.2) is 0 Å². The van der Waals surface area contributed by atoms with Crippen LogP contribution in [0.2, 0.25) is 0 Å². The second-order valence-electron chi connectivity index (χ2n) is 7.04. The molecule has 0 aliphatic heterocycles. The van der Waals surface area contributed by atoms with E-state index in [1.54, 1.807) is 0 Å². The normalized spacial score (nSPS) is 13.2. The van der Waals surface area contributed by atoms with Crippen molar-refractivity contribution in [1.29, 1.82) is 0 Å². The molecule has 0 bridgehead atoms. The second kappa shape index (κ2) is 8.85. The highest BCUT2D eigenvalue weighted by Gasteiger charge is 2.19. The van der Waals surface area contributed by atoms with Crippen LogP contribution < -0.4 is 10.5 Å². The Labute approximate surface area is 161 Å². The summed E-state index contributed by atoms with van der Waals surface area (Å²) in [6, 6.07) is 23.6. The Kier molecular flexibility index (Phi) is 6.28. The van der Waals surface area contributed by atoms with E-state index in [-0.39, 0.29) is 0 Å². The zero-order valence-corrected chi connectivity index (χ0v) is 15.9. The molecule has 0 amide bonds. The first kappa shape index (κ1) is 19.2. The number of rotatable bonds is 7. The minimum absolute atomic E-state index is 0.439. The quantitative estimate of drug-likeness (QED) is 0.652. The summed E-state index contributed by atoms with van der Waals surface area (Å²) < 4.78 is 6.04. The van der Waals surface area contributed by atoms with E-state index in [0.29, 0.717) is 13.0 Å². The number of aryl methyl sites for hydroxylation is 2. The van der Waals surface area contributed by atoms with Crippen LogP contribution in [0.25, 0.3) is 0 Å². The first-order chi connectivity index (χ1) is 13.0. The molecular formula is C24H27NO2. The summed E-state index contributed by atoms with van der Waals surface area (Å²) in [5.74, 6) is 0.882. The molecule has 2 atom stereocenters. The van der Waals surface area contributed by atoms with Crippen molar-refractivity contribution >= 4 is 0 Å². The zero-order valence-electron chi connectivity index (χ0n) is 15.9. The molecule has 3 nitrogen and oxygen atoms in total. The SMILES string of the molecule is Cc1cc([C@H](N)[C@H](O)Cc2ccccc2)cc(C)c1OCc1ccccc1. The highest BCUT2D eigenvalue weighted by Crippen LogP contribution is 2.29. The molecular weight excluding hydrogens is 334 g/mol. The van der Waals surface area contributed by atoms with Crippen LogP contribution in [0.15, 0.2) is 72.8 Å². The fraction of sp³-hybridized carbons (Fsp3) is 0.250. The lowest BCUT2D eigenvalue weighted by Crippen LogP contribution is -2.28. The smallest absolute Gasteiger partial charge is 0.125 e. The maximum atomic E-state index is 10.6. The van der Waals surface area contributed by atoms with Crippen LogP contribution in [0.1, 0.15) is 33.9 Å². The minimum atomic E-state index is -0.637. The first-order valence-electron chi connectivity index (χ1n) is 9.30. The fourth-order valence-electron chi connectivity index (χ4n) is 3.34. The van der Waals surface area contributed by atoms with Crippen LogP contribution in [-0.2, 0) is 13.0 Å². The number of hydrogen-bond acceptors (Lipinski definition) is 3. The summed E-state index contributed by atoms with van der Waals surface area (Å²) in [7, 11) is 0. The van der Waals surface area contributed by atoms with Crippen molar-refractivity contribution in [2.24, 2.45) is 5.73 Å². The molecule has 0 unspecified atom stereocenters. The number of aliphatic hydroxyl groups excluding tert-OH is 1. The maximum Gasteiger partial charge on any atom is 0.125 e. The van der Waals surface area contributed by atoms with Crippen LogP contribution in [0.5, 0.6) is 5.75 Å². The largest absolute Gasteiger partial charge is 0.488 e. The molecule has 3 aromatic rings. The average Bonchev–Trinajstić information content (AvgIpc) is 2.68. The number of aliphatic hydroxyl groups is 1. The Morgan fingerprint density at radius 3 is 1.93 bits per heavy atom. The van der Waals surface area contributed by atoms with Crippen LogP contribution in [0, 0.1) is 13.8 Å². The number of benzene rings is 3. The van der Waals surface area contributed by atoms with Crippen molar-refractivity contribution < 1.29 is 9.84 Å². The maximum absolute atomic E-state index is 10.6. The van der Waals surface area contributed by atoms with Crippen LogP contribution >= 0.6 is 0 Å². The molecule has 0 aliphatic carbocycles. The lowest BCUT2D eigenvalue weighted by molar-refractivity contribution is 0.145. The summed E-state index contributed by atoms with van der Waals surface area (Å²) in [5, 5.41) is 10.6. The molecule has 0 radical (unpaired) electrons. The Balaban J connectivity index is 1.71. The van der Waals surface area contributed by atoms with E-state index < -0.39 is 12.1 Å². The van der Waals surface area contributed by atoms with E-state index in [2.05, 4.69) is 12.1 Å². The van der Waals surface area contributed by atoms with E-state index in [0.717, 1.165) is 33.6 Å². The molecule has 3 rings (SSSR count). The van der Waals surface area contributed by atoms with E-state index >= 15 is 0 Å². The molecule has 0 saturated carbocycles. The van der Waals surface area contributed by atoms with Gasteiger partial charge in [-0.2, -0.15) is 0 Å².